The topological polar surface area (TPSA) is 89.3 Å². The summed E-state index contributed by atoms with van der Waals surface area (Å²) in [7, 11) is 1.59. The maximum atomic E-state index is 12.8. The number of methoxy groups -OCH3 is 1. The molecule has 3 rings (SSSR count). The molecule has 0 aliphatic carbocycles. The Kier molecular flexibility index (Phi) is 4.51. The van der Waals surface area contributed by atoms with Crippen LogP contribution in [0.1, 0.15) is 41.4 Å². The molecule has 2 atom stereocenters. The number of aliphatic hydroxyl groups is 1. The molecule has 0 radical (unpaired) electrons. The van der Waals surface area contributed by atoms with Gasteiger partial charge in [-0.25, -0.2) is 0 Å². The van der Waals surface area contributed by atoms with E-state index in [-0.39, 0.29) is 11.9 Å². The molecule has 2 N–H and O–H groups in total. The second kappa shape index (κ2) is 6.61. The summed E-state index contributed by atoms with van der Waals surface area (Å²) >= 11 is 0. The first-order valence-corrected chi connectivity index (χ1v) is 8.23. The molecule has 2 unspecified atom stereocenters. The Morgan fingerprint density at radius 2 is 2.16 bits per heavy atom. The molecule has 6 nitrogen and oxygen atoms in total. The fourth-order valence-corrected chi connectivity index (χ4v) is 3.45. The second-order valence-electron chi connectivity index (χ2n) is 6.45. The number of ether oxygens (including phenoxy) is 1. The third-order valence-electron chi connectivity index (χ3n) is 4.88. The van der Waals surface area contributed by atoms with Crippen LogP contribution in [0.5, 0.6) is 5.75 Å². The average molecular weight is 339 g/mol. The van der Waals surface area contributed by atoms with Crippen LogP contribution < -0.4 is 4.74 Å². The molecule has 1 saturated heterocycles. The van der Waals surface area contributed by atoms with Crippen molar-refractivity contribution >= 4 is 5.91 Å². The average Bonchev–Trinajstić information content (AvgIpc) is 3.30. The summed E-state index contributed by atoms with van der Waals surface area (Å²) in [4.78, 5) is 17.4. The Bertz CT molecular complexity index is 802. The van der Waals surface area contributed by atoms with E-state index in [0.29, 0.717) is 23.6 Å². The van der Waals surface area contributed by atoms with Crippen LogP contribution in [-0.4, -0.2) is 40.6 Å². The van der Waals surface area contributed by atoms with Crippen LogP contribution in [-0.2, 0) is 5.60 Å². The molecule has 0 saturated carbocycles. The van der Waals surface area contributed by atoms with Gasteiger partial charge < -0.3 is 19.7 Å². The molecule has 25 heavy (non-hydrogen) atoms. The normalized spacial score (nSPS) is 19.3. The van der Waals surface area contributed by atoms with Crippen LogP contribution in [0.15, 0.2) is 36.5 Å². The highest BCUT2D eigenvalue weighted by Gasteiger charge is 2.43. The molecule has 1 aliphatic heterocycles. The number of aromatic amines is 1. The van der Waals surface area contributed by atoms with Crippen LogP contribution in [0.4, 0.5) is 0 Å². The molecule has 0 bridgehead atoms. The number of H-pyrrole nitrogens is 1. The van der Waals surface area contributed by atoms with Gasteiger partial charge in [0.1, 0.15) is 23.1 Å². The highest BCUT2D eigenvalue weighted by atomic mass is 16.5. The molecule has 6 heteroatoms. The van der Waals surface area contributed by atoms with Crippen molar-refractivity contribution in [2.45, 2.75) is 31.4 Å². The maximum absolute atomic E-state index is 12.8. The number of nitrogens with zero attached hydrogens (tertiary/aromatic N) is 2. The molecule has 1 aliphatic rings. The van der Waals surface area contributed by atoms with E-state index in [9.17, 15) is 9.90 Å². The Labute approximate surface area is 146 Å². The van der Waals surface area contributed by atoms with Crippen LogP contribution in [0, 0.1) is 11.3 Å². The van der Waals surface area contributed by atoms with Crippen molar-refractivity contribution in [1.29, 1.82) is 5.26 Å². The lowest BCUT2D eigenvalue weighted by molar-refractivity contribution is -0.0178. The quantitative estimate of drug-likeness (QED) is 0.895. The van der Waals surface area contributed by atoms with Gasteiger partial charge in [0, 0.05) is 12.7 Å². The minimum atomic E-state index is -1.18. The predicted octanol–water partition coefficient (Wildman–Crippen LogP) is 2.41. The Hall–Kier alpha value is -2.78. The molecule has 130 valence electrons. The lowest BCUT2D eigenvalue weighted by atomic mass is 9.86. The first-order valence-electron chi connectivity index (χ1n) is 8.23. The molecule has 2 heterocycles. The molecule has 1 fully saturated rings. The monoisotopic (exact) mass is 339 g/mol. The number of carbonyl (C=O) groups is 1. The number of benzene rings is 1. The third-order valence-corrected chi connectivity index (χ3v) is 4.88. The van der Waals surface area contributed by atoms with Crippen molar-refractivity contribution in [2.24, 2.45) is 0 Å². The van der Waals surface area contributed by atoms with Gasteiger partial charge in [-0.2, -0.15) is 5.26 Å². The summed E-state index contributed by atoms with van der Waals surface area (Å²) in [5, 5.41) is 20.1. The van der Waals surface area contributed by atoms with Gasteiger partial charge in [0.25, 0.3) is 5.91 Å². The summed E-state index contributed by atoms with van der Waals surface area (Å²) in [6, 6.07) is 10.5. The number of hydrogen-bond donors (Lipinski definition) is 2. The van der Waals surface area contributed by atoms with E-state index in [4.69, 9.17) is 10.00 Å². The fraction of sp³-hybridized carbons (Fsp3) is 0.368. The standard InChI is InChI=1S/C19H21N3O3/c1-19(24,14-5-7-15(25-2)8-6-14)17-4-3-9-22(17)18(23)16-10-13(11-20)12-21-16/h5-8,10,12,17,21,24H,3-4,9H2,1-2H3. The van der Waals surface area contributed by atoms with Gasteiger partial charge in [0.05, 0.1) is 18.7 Å². The number of aromatic nitrogens is 1. The molecular weight excluding hydrogens is 318 g/mol. The first kappa shape index (κ1) is 17.1. The van der Waals surface area contributed by atoms with Crippen LogP contribution in [0.3, 0.4) is 0 Å². The second-order valence-corrected chi connectivity index (χ2v) is 6.45. The zero-order valence-corrected chi connectivity index (χ0v) is 14.3. The lowest BCUT2D eigenvalue weighted by Crippen LogP contribution is -2.48. The molecule has 1 aromatic heterocycles. The molecule has 1 aromatic carbocycles. The van der Waals surface area contributed by atoms with Gasteiger partial charge in [-0.05, 0) is 43.5 Å². The Balaban J connectivity index is 1.86. The lowest BCUT2D eigenvalue weighted by Gasteiger charge is -2.36. The smallest absolute Gasteiger partial charge is 0.270 e. The molecule has 2 aromatic rings. The number of likely N-dealkylation sites (tertiary alicyclic amines) is 1. The van der Waals surface area contributed by atoms with Crippen LogP contribution in [0.25, 0.3) is 0 Å². The fourth-order valence-electron chi connectivity index (χ4n) is 3.45. The van der Waals surface area contributed by atoms with E-state index >= 15 is 0 Å². The Morgan fingerprint density at radius 3 is 2.76 bits per heavy atom. The van der Waals surface area contributed by atoms with Crippen molar-refractivity contribution in [2.75, 3.05) is 13.7 Å². The van der Waals surface area contributed by atoms with Crippen molar-refractivity contribution < 1.29 is 14.6 Å². The number of carbonyl (C=O) groups excluding carboxylic acids is 1. The van der Waals surface area contributed by atoms with Crippen molar-refractivity contribution in [1.82, 2.24) is 9.88 Å². The summed E-state index contributed by atoms with van der Waals surface area (Å²) in [5.41, 5.74) is 0.348. The van der Waals surface area contributed by atoms with Gasteiger partial charge in [-0.15, -0.1) is 0 Å². The Morgan fingerprint density at radius 1 is 1.44 bits per heavy atom. The summed E-state index contributed by atoms with van der Waals surface area (Å²) < 4.78 is 5.16. The van der Waals surface area contributed by atoms with E-state index < -0.39 is 5.60 Å². The highest BCUT2D eigenvalue weighted by molar-refractivity contribution is 5.93. The number of nitriles is 1. The summed E-state index contributed by atoms with van der Waals surface area (Å²) in [6.45, 7) is 2.32. The zero-order valence-electron chi connectivity index (χ0n) is 14.3. The number of rotatable bonds is 4. The minimum absolute atomic E-state index is 0.196. The summed E-state index contributed by atoms with van der Waals surface area (Å²) in [5.74, 6) is 0.520. The third kappa shape index (κ3) is 3.11. The summed E-state index contributed by atoms with van der Waals surface area (Å²) in [6.07, 6.45) is 3.06. The van der Waals surface area contributed by atoms with Crippen molar-refractivity contribution in [3.63, 3.8) is 0 Å². The first-order chi connectivity index (χ1) is 12.0. The van der Waals surface area contributed by atoms with Gasteiger partial charge in [-0.1, -0.05) is 12.1 Å². The highest BCUT2D eigenvalue weighted by Crippen LogP contribution is 2.36. The number of nitrogens with one attached hydrogen (secondary N) is 1. The molecule has 0 spiro atoms. The zero-order chi connectivity index (χ0) is 18.0. The van der Waals surface area contributed by atoms with Gasteiger partial charge in [0.2, 0.25) is 0 Å². The van der Waals surface area contributed by atoms with Gasteiger partial charge in [-0.3, -0.25) is 4.79 Å². The van der Waals surface area contributed by atoms with Crippen LogP contribution in [0.2, 0.25) is 0 Å². The van der Waals surface area contributed by atoms with Crippen LogP contribution >= 0.6 is 0 Å². The van der Waals surface area contributed by atoms with E-state index in [2.05, 4.69) is 4.98 Å². The molecule has 1 amide bonds. The molecular formula is C19H21N3O3. The van der Waals surface area contributed by atoms with E-state index in [1.54, 1.807) is 37.1 Å². The number of amides is 1. The largest absolute Gasteiger partial charge is 0.497 e. The number of hydrogen-bond acceptors (Lipinski definition) is 4. The van der Waals surface area contributed by atoms with E-state index in [1.165, 1.54) is 6.20 Å². The van der Waals surface area contributed by atoms with Gasteiger partial charge in [0.15, 0.2) is 0 Å². The van der Waals surface area contributed by atoms with Crippen molar-refractivity contribution in [3.05, 3.63) is 53.3 Å². The SMILES string of the molecule is COc1ccc(C(C)(O)C2CCCN2C(=O)c2cc(C#N)c[nH]2)cc1. The van der Waals surface area contributed by atoms with Gasteiger partial charge >= 0.3 is 0 Å². The van der Waals surface area contributed by atoms with Crippen molar-refractivity contribution in [3.8, 4) is 11.8 Å². The maximum Gasteiger partial charge on any atom is 0.270 e. The predicted molar refractivity (Wildman–Crippen MR) is 92.1 cm³/mol. The minimum Gasteiger partial charge on any atom is -0.497 e. The van der Waals surface area contributed by atoms with E-state index in [1.807, 2.05) is 18.2 Å². The van der Waals surface area contributed by atoms with E-state index in [0.717, 1.165) is 18.4 Å².